The maximum atomic E-state index is 6.02. The van der Waals surface area contributed by atoms with Crippen LogP contribution >= 0.6 is 11.6 Å². The third kappa shape index (κ3) is 4.73. The summed E-state index contributed by atoms with van der Waals surface area (Å²) < 4.78 is 0. The molecule has 2 nitrogen and oxygen atoms in total. The molecule has 0 aliphatic rings. The van der Waals surface area contributed by atoms with Gasteiger partial charge in [-0.25, -0.2) is 0 Å². The molecule has 0 aromatic heterocycles. The lowest BCUT2D eigenvalue weighted by Crippen LogP contribution is -2.39. The molecular formula is C20H27ClN2. The van der Waals surface area contributed by atoms with Gasteiger partial charge in [-0.15, -0.1) is 0 Å². The summed E-state index contributed by atoms with van der Waals surface area (Å²) in [6, 6.07) is 17.1. The Kier molecular flexibility index (Phi) is 5.72. The van der Waals surface area contributed by atoms with E-state index >= 15 is 0 Å². The second-order valence-electron chi connectivity index (χ2n) is 7.13. The number of rotatable bonds is 5. The van der Waals surface area contributed by atoms with Crippen LogP contribution in [0.1, 0.15) is 31.9 Å². The summed E-state index contributed by atoms with van der Waals surface area (Å²) in [5, 5.41) is 0.754. The highest BCUT2D eigenvalue weighted by molar-refractivity contribution is 6.30. The largest absolute Gasteiger partial charge is 0.370 e. The van der Waals surface area contributed by atoms with Gasteiger partial charge in [0, 0.05) is 30.3 Å². The molecule has 0 aliphatic heterocycles. The van der Waals surface area contributed by atoms with E-state index in [0.717, 1.165) is 17.1 Å². The molecule has 3 heteroatoms. The van der Waals surface area contributed by atoms with Crippen LogP contribution in [0, 0.1) is 0 Å². The van der Waals surface area contributed by atoms with E-state index in [1.165, 1.54) is 11.1 Å². The molecule has 0 amide bonds. The first-order chi connectivity index (χ1) is 10.8. The van der Waals surface area contributed by atoms with Crippen LogP contribution in [0.15, 0.2) is 48.5 Å². The van der Waals surface area contributed by atoms with Crippen LogP contribution in [-0.2, 0) is 11.8 Å². The van der Waals surface area contributed by atoms with Crippen molar-refractivity contribution in [3.63, 3.8) is 0 Å². The molecule has 1 atom stereocenters. The van der Waals surface area contributed by atoms with Gasteiger partial charge in [-0.1, -0.05) is 56.6 Å². The SMILES string of the molecule is CN(c1ccc(Cl)cc1)C(CN)Cc1ccc(C(C)(C)C)cc1. The van der Waals surface area contributed by atoms with Crippen molar-refractivity contribution >= 4 is 17.3 Å². The highest BCUT2D eigenvalue weighted by atomic mass is 35.5. The predicted octanol–water partition coefficient (Wildman–Crippen LogP) is 4.64. The predicted molar refractivity (Wildman–Crippen MR) is 102 cm³/mol. The number of hydrogen-bond acceptors (Lipinski definition) is 2. The minimum absolute atomic E-state index is 0.186. The van der Waals surface area contributed by atoms with Gasteiger partial charge in [-0.2, -0.15) is 0 Å². The normalized spacial score (nSPS) is 13.0. The van der Waals surface area contributed by atoms with Gasteiger partial charge in [0.1, 0.15) is 0 Å². The first kappa shape index (κ1) is 17.8. The third-order valence-electron chi connectivity index (χ3n) is 4.34. The van der Waals surface area contributed by atoms with Crippen LogP contribution in [0.25, 0.3) is 0 Å². The van der Waals surface area contributed by atoms with Crippen molar-refractivity contribution in [1.29, 1.82) is 0 Å². The van der Waals surface area contributed by atoms with Gasteiger partial charge in [-0.3, -0.25) is 0 Å². The van der Waals surface area contributed by atoms with Crippen LogP contribution in [0.3, 0.4) is 0 Å². The molecule has 0 aliphatic carbocycles. The van der Waals surface area contributed by atoms with Crippen molar-refractivity contribution in [3.05, 3.63) is 64.7 Å². The summed E-state index contributed by atoms with van der Waals surface area (Å²) in [5.74, 6) is 0. The van der Waals surface area contributed by atoms with Crippen LogP contribution in [-0.4, -0.2) is 19.6 Å². The lowest BCUT2D eigenvalue weighted by Gasteiger charge is -2.29. The second-order valence-corrected chi connectivity index (χ2v) is 7.56. The topological polar surface area (TPSA) is 29.3 Å². The first-order valence-corrected chi connectivity index (χ1v) is 8.47. The maximum Gasteiger partial charge on any atom is 0.0449 e. The lowest BCUT2D eigenvalue weighted by molar-refractivity contribution is 0.589. The first-order valence-electron chi connectivity index (χ1n) is 8.09. The molecule has 2 aromatic rings. The Hall–Kier alpha value is -1.51. The van der Waals surface area contributed by atoms with Gasteiger partial charge in [0.15, 0.2) is 0 Å². The summed E-state index contributed by atoms with van der Waals surface area (Å²) in [7, 11) is 2.09. The van der Waals surface area contributed by atoms with Crippen molar-refractivity contribution in [2.75, 3.05) is 18.5 Å². The van der Waals surface area contributed by atoms with Crippen LogP contribution in [0.4, 0.5) is 5.69 Å². The van der Waals surface area contributed by atoms with Crippen molar-refractivity contribution in [1.82, 2.24) is 0 Å². The Morgan fingerprint density at radius 2 is 1.57 bits per heavy atom. The van der Waals surface area contributed by atoms with E-state index in [2.05, 4.69) is 57.0 Å². The highest BCUT2D eigenvalue weighted by Crippen LogP contribution is 2.24. The molecule has 0 saturated heterocycles. The monoisotopic (exact) mass is 330 g/mol. The number of benzene rings is 2. The minimum atomic E-state index is 0.186. The zero-order valence-corrected chi connectivity index (χ0v) is 15.3. The van der Waals surface area contributed by atoms with Crippen LogP contribution < -0.4 is 10.6 Å². The van der Waals surface area contributed by atoms with Gasteiger partial charge in [0.05, 0.1) is 0 Å². The number of anilines is 1. The van der Waals surface area contributed by atoms with Crippen molar-refractivity contribution in [2.45, 2.75) is 38.6 Å². The molecule has 0 saturated carbocycles. The van der Waals surface area contributed by atoms with Crippen LogP contribution in [0.2, 0.25) is 5.02 Å². The third-order valence-corrected chi connectivity index (χ3v) is 4.60. The average molecular weight is 331 g/mol. The van der Waals surface area contributed by atoms with Gasteiger partial charge in [-0.05, 0) is 47.2 Å². The Morgan fingerprint density at radius 1 is 1.00 bits per heavy atom. The van der Waals surface area contributed by atoms with E-state index in [9.17, 15) is 0 Å². The van der Waals surface area contributed by atoms with E-state index in [0.29, 0.717) is 6.54 Å². The average Bonchev–Trinajstić information content (AvgIpc) is 2.52. The van der Waals surface area contributed by atoms with Crippen molar-refractivity contribution in [2.24, 2.45) is 5.73 Å². The molecule has 2 rings (SSSR count). The fourth-order valence-corrected chi connectivity index (χ4v) is 2.80. The molecule has 0 spiro atoms. The summed E-state index contributed by atoms with van der Waals surface area (Å²) in [5.41, 5.74) is 10.0. The molecule has 0 fully saturated rings. The highest BCUT2D eigenvalue weighted by Gasteiger charge is 2.16. The minimum Gasteiger partial charge on any atom is -0.370 e. The molecule has 2 aromatic carbocycles. The molecule has 1 unspecified atom stereocenters. The maximum absolute atomic E-state index is 6.02. The number of nitrogens with zero attached hydrogens (tertiary/aromatic N) is 1. The smallest absolute Gasteiger partial charge is 0.0449 e. The molecule has 0 bridgehead atoms. The second kappa shape index (κ2) is 7.37. The number of halogens is 1. The summed E-state index contributed by atoms with van der Waals surface area (Å²) >= 11 is 5.97. The summed E-state index contributed by atoms with van der Waals surface area (Å²) in [4.78, 5) is 2.23. The van der Waals surface area contributed by atoms with Gasteiger partial charge in [0.2, 0.25) is 0 Å². The Labute approximate surface area is 145 Å². The standard InChI is InChI=1S/C20H27ClN2/c1-20(2,3)16-7-5-15(6-8-16)13-19(14-22)23(4)18-11-9-17(21)10-12-18/h5-12,19H,13-14,22H2,1-4H3. The fourth-order valence-electron chi connectivity index (χ4n) is 2.68. The van der Waals surface area contributed by atoms with E-state index in [1.807, 2.05) is 24.3 Å². The number of hydrogen-bond donors (Lipinski definition) is 1. The number of nitrogens with two attached hydrogens (primary N) is 1. The quantitative estimate of drug-likeness (QED) is 0.865. The van der Waals surface area contributed by atoms with Gasteiger partial charge >= 0.3 is 0 Å². The molecule has 124 valence electrons. The number of likely N-dealkylation sites (N-methyl/N-ethyl adjacent to an activating group) is 1. The van der Waals surface area contributed by atoms with E-state index in [4.69, 9.17) is 17.3 Å². The summed E-state index contributed by atoms with van der Waals surface area (Å²) in [6.45, 7) is 7.32. The zero-order chi connectivity index (χ0) is 17.0. The lowest BCUT2D eigenvalue weighted by atomic mass is 9.86. The Balaban J connectivity index is 2.11. The fraction of sp³-hybridized carbons (Fsp3) is 0.400. The molecule has 2 N–H and O–H groups in total. The Bertz CT molecular complexity index is 612. The van der Waals surface area contributed by atoms with E-state index < -0.39 is 0 Å². The van der Waals surface area contributed by atoms with Crippen molar-refractivity contribution in [3.8, 4) is 0 Å². The Morgan fingerprint density at radius 3 is 2.04 bits per heavy atom. The van der Waals surface area contributed by atoms with Crippen LogP contribution in [0.5, 0.6) is 0 Å². The molecule has 23 heavy (non-hydrogen) atoms. The van der Waals surface area contributed by atoms with Gasteiger partial charge in [0.25, 0.3) is 0 Å². The molecule has 0 heterocycles. The zero-order valence-electron chi connectivity index (χ0n) is 14.5. The van der Waals surface area contributed by atoms with E-state index in [1.54, 1.807) is 0 Å². The summed E-state index contributed by atoms with van der Waals surface area (Å²) in [6.07, 6.45) is 0.931. The van der Waals surface area contributed by atoms with Gasteiger partial charge < -0.3 is 10.6 Å². The van der Waals surface area contributed by atoms with Crippen molar-refractivity contribution < 1.29 is 0 Å². The van der Waals surface area contributed by atoms with E-state index in [-0.39, 0.29) is 11.5 Å². The molecular weight excluding hydrogens is 304 g/mol. The molecule has 0 radical (unpaired) electrons.